The number of para-hydroxylation sites is 2. The van der Waals surface area contributed by atoms with E-state index in [0.717, 1.165) is 17.1 Å². The lowest BCUT2D eigenvalue weighted by atomic mass is 9.86. The number of aromatic nitrogens is 1. The van der Waals surface area contributed by atoms with Crippen LogP contribution < -0.4 is 4.90 Å². The van der Waals surface area contributed by atoms with E-state index in [1.54, 1.807) is 0 Å². The molecule has 0 atom stereocenters. The third kappa shape index (κ3) is 4.05. The summed E-state index contributed by atoms with van der Waals surface area (Å²) in [5, 5.41) is 2.56. The van der Waals surface area contributed by atoms with Gasteiger partial charge in [0.2, 0.25) is 0 Å². The fraction of sp³-hybridized carbons (Fsp3) is 0.118. The van der Waals surface area contributed by atoms with Crippen LogP contribution in [0, 0.1) is 0 Å². The minimum atomic E-state index is 0.120. The number of H-pyrrole nitrogens is 1. The highest BCUT2D eigenvalue weighted by atomic mass is 15.1. The SMILES string of the molecule is CC(C)(C)c1ccc2[nH]c3ccc(-c4ccc(N(c5ccccc5)c5ccccc5)cc4)cc3c2c1. The van der Waals surface area contributed by atoms with Crippen molar-refractivity contribution in [2.75, 3.05) is 4.90 Å². The zero-order chi connectivity index (χ0) is 24.7. The van der Waals surface area contributed by atoms with Crippen LogP contribution in [-0.4, -0.2) is 4.98 Å². The molecule has 36 heavy (non-hydrogen) atoms. The fourth-order valence-corrected chi connectivity index (χ4v) is 4.95. The monoisotopic (exact) mass is 466 g/mol. The highest BCUT2D eigenvalue weighted by molar-refractivity contribution is 6.08. The maximum Gasteiger partial charge on any atom is 0.0465 e. The second kappa shape index (κ2) is 8.73. The first-order valence-corrected chi connectivity index (χ1v) is 12.5. The van der Waals surface area contributed by atoms with Crippen molar-refractivity contribution in [3.8, 4) is 11.1 Å². The lowest BCUT2D eigenvalue weighted by Crippen LogP contribution is -2.10. The summed E-state index contributed by atoms with van der Waals surface area (Å²) in [6.07, 6.45) is 0. The fourth-order valence-electron chi connectivity index (χ4n) is 4.95. The van der Waals surface area contributed by atoms with E-state index in [-0.39, 0.29) is 5.41 Å². The number of nitrogens with zero attached hydrogens (tertiary/aromatic N) is 1. The molecule has 0 fully saturated rings. The second-order valence-corrected chi connectivity index (χ2v) is 10.4. The number of nitrogens with one attached hydrogen (secondary N) is 1. The van der Waals surface area contributed by atoms with Crippen molar-refractivity contribution < 1.29 is 0 Å². The second-order valence-electron chi connectivity index (χ2n) is 10.4. The minimum Gasteiger partial charge on any atom is -0.355 e. The lowest BCUT2D eigenvalue weighted by Gasteiger charge is -2.25. The van der Waals surface area contributed by atoms with Gasteiger partial charge in [-0.3, -0.25) is 0 Å². The predicted octanol–water partition coefficient (Wildman–Crippen LogP) is 9.76. The Hall–Kier alpha value is -4.30. The Balaban J connectivity index is 1.41. The Kier molecular flexibility index (Phi) is 5.38. The van der Waals surface area contributed by atoms with Crippen molar-refractivity contribution in [2.24, 2.45) is 0 Å². The van der Waals surface area contributed by atoms with Crippen LogP contribution in [0.3, 0.4) is 0 Å². The van der Waals surface area contributed by atoms with E-state index in [9.17, 15) is 0 Å². The van der Waals surface area contributed by atoms with Gasteiger partial charge in [-0.2, -0.15) is 0 Å². The van der Waals surface area contributed by atoms with Gasteiger partial charge in [0.1, 0.15) is 0 Å². The molecule has 1 heterocycles. The third-order valence-corrected chi connectivity index (χ3v) is 6.95. The number of aromatic amines is 1. The van der Waals surface area contributed by atoms with Crippen LogP contribution in [0.15, 0.2) is 121 Å². The molecule has 0 radical (unpaired) electrons. The molecule has 1 aromatic heterocycles. The Morgan fingerprint density at radius 2 is 1.00 bits per heavy atom. The molecule has 176 valence electrons. The van der Waals surface area contributed by atoms with E-state index < -0.39 is 0 Å². The van der Waals surface area contributed by atoms with Crippen molar-refractivity contribution in [3.63, 3.8) is 0 Å². The van der Waals surface area contributed by atoms with Crippen molar-refractivity contribution in [3.05, 3.63) is 127 Å². The van der Waals surface area contributed by atoms with Crippen molar-refractivity contribution >= 4 is 38.9 Å². The molecule has 0 bridgehead atoms. The summed E-state index contributed by atoms with van der Waals surface area (Å²) in [5.41, 5.74) is 9.70. The number of fused-ring (bicyclic) bond motifs is 3. The van der Waals surface area contributed by atoms with E-state index in [2.05, 4.69) is 152 Å². The van der Waals surface area contributed by atoms with Crippen molar-refractivity contribution in [1.82, 2.24) is 4.98 Å². The van der Waals surface area contributed by atoms with Gasteiger partial charge < -0.3 is 9.88 Å². The molecule has 0 aliphatic heterocycles. The van der Waals surface area contributed by atoms with Crippen LogP contribution >= 0.6 is 0 Å². The smallest absolute Gasteiger partial charge is 0.0465 e. The van der Waals surface area contributed by atoms with E-state index in [1.807, 2.05) is 0 Å². The van der Waals surface area contributed by atoms with Gasteiger partial charge >= 0.3 is 0 Å². The van der Waals surface area contributed by atoms with Crippen molar-refractivity contribution in [1.29, 1.82) is 0 Å². The molecule has 0 amide bonds. The summed E-state index contributed by atoms with van der Waals surface area (Å²) in [6, 6.07) is 43.5. The molecule has 0 saturated carbocycles. The maximum absolute atomic E-state index is 3.59. The Labute approximate surface area is 212 Å². The van der Waals surface area contributed by atoms with Gasteiger partial charge in [-0.05, 0) is 82.8 Å². The van der Waals surface area contributed by atoms with Crippen LogP contribution in [-0.2, 0) is 5.41 Å². The summed E-state index contributed by atoms with van der Waals surface area (Å²) in [6.45, 7) is 6.80. The van der Waals surface area contributed by atoms with Crippen LogP contribution in [0.2, 0.25) is 0 Å². The molecular weight excluding hydrogens is 436 g/mol. The van der Waals surface area contributed by atoms with Gasteiger partial charge in [0.05, 0.1) is 0 Å². The van der Waals surface area contributed by atoms with Crippen LogP contribution in [0.25, 0.3) is 32.9 Å². The van der Waals surface area contributed by atoms with Crippen LogP contribution in [0.1, 0.15) is 26.3 Å². The Morgan fingerprint density at radius 1 is 0.500 bits per heavy atom. The molecule has 6 rings (SSSR count). The minimum absolute atomic E-state index is 0.120. The first-order chi connectivity index (χ1) is 17.5. The Bertz CT molecular complexity index is 1600. The van der Waals surface area contributed by atoms with Gasteiger partial charge in [0.25, 0.3) is 0 Å². The molecular formula is C34H30N2. The largest absolute Gasteiger partial charge is 0.355 e. The molecule has 0 aliphatic rings. The maximum atomic E-state index is 3.59. The summed E-state index contributed by atoms with van der Waals surface area (Å²) in [7, 11) is 0. The quantitative estimate of drug-likeness (QED) is 0.274. The number of anilines is 3. The third-order valence-electron chi connectivity index (χ3n) is 6.95. The van der Waals surface area contributed by atoms with Gasteiger partial charge in [-0.25, -0.2) is 0 Å². The average Bonchev–Trinajstić information content (AvgIpc) is 3.27. The summed E-state index contributed by atoms with van der Waals surface area (Å²) in [5.74, 6) is 0. The average molecular weight is 467 g/mol. The highest BCUT2D eigenvalue weighted by Crippen LogP contribution is 2.37. The standard InChI is InChI=1S/C34H30N2/c1-34(2,3)26-17-21-33-31(23-26)30-22-25(16-20-32(30)35-33)24-14-18-29(19-15-24)36(27-10-6-4-7-11-27)28-12-8-5-9-13-28/h4-23,35H,1-3H3. The molecule has 5 aromatic carbocycles. The first-order valence-electron chi connectivity index (χ1n) is 12.5. The van der Waals surface area contributed by atoms with E-state index >= 15 is 0 Å². The Morgan fingerprint density at radius 3 is 1.58 bits per heavy atom. The predicted molar refractivity (Wildman–Crippen MR) is 155 cm³/mol. The van der Waals surface area contributed by atoms with Crippen molar-refractivity contribution in [2.45, 2.75) is 26.2 Å². The van der Waals surface area contributed by atoms with Crippen LogP contribution in [0.4, 0.5) is 17.1 Å². The molecule has 0 aliphatic carbocycles. The van der Waals surface area contributed by atoms with E-state index in [0.29, 0.717) is 0 Å². The molecule has 0 spiro atoms. The number of hydrogen-bond donors (Lipinski definition) is 1. The zero-order valence-electron chi connectivity index (χ0n) is 21.0. The summed E-state index contributed by atoms with van der Waals surface area (Å²) < 4.78 is 0. The van der Waals surface area contributed by atoms with Crippen LogP contribution in [0.5, 0.6) is 0 Å². The topological polar surface area (TPSA) is 19.0 Å². The number of hydrogen-bond acceptors (Lipinski definition) is 1. The molecule has 2 nitrogen and oxygen atoms in total. The molecule has 0 saturated heterocycles. The number of rotatable bonds is 4. The van der Waals surface area contributed by atoms with Gasteiger partial charge in [0.15, 0.2) is 0 Å². The normalized spacial score (nSPS) is 11.8. The highest BCUT2D eigenvalue weighted by Gasteiger charge is 2.16. The molecule has 6 aromatic rings. The first kappa shape index (κ1) is 22.2. The van der Waals surface area contributed by atoms with E-state index in [1.165, 1.54) is 38.5 Å². The zero-order valence-corrected chi connectivity index (χ0v) is 21.0. The van der Waals surface area contributed by atoms with E-state index in [4.69, 9.17) is 0 Å². The van der Waals surface area contributed by atoms with Gasteiger partial charge in [-0.15, -0.1) is 0 Å². The summed E-state index contributed by atoms with van der Waals surface area (Å²) >= 11 is 0. The summed E-state index contributed by atoms with van der Waals surface area (Å²) in [4.78, 5) is 5.88. The molecule has 0 unspecified atom stereocenters. The lowest BCUT2D eigenvalue weighted by molar-refractivity contribution is 0.591. The van der Waals surface area contributed by atoms with Gasteiger partial charge in [-0.1, -0.05) is 81.4 Å². The van der Waals surface area contributed by atoms with Gasteiger partial charge in [0, 0.05) is 38.9 Å². The number of benzene rings is 5. The molecule has 2 heteroatoms. The molecule has 1 N–H and O–H groups in total.